The van der Waals surface area contributed by atoms with E-state index in [9.17, 15) is 9.59 Å². The fraction of sp³-hybridized carbons (Fsp3) is 0.273. The summed E-state index contributed by atoms with van der Waals surface area (Å²) < 4.78 is 0. The van der Waals surface area contributed by atoms with Crippen molar-refractivity contribution in [3.8, 4) is 0 Å². The standard InChI is InChI=1S/C11H15N5O3/c1-6(17)15-9-3-2-7(10(18)19)4-8(9)5-14-16-11(12)13/h2-5,8-9H,1H3,(H,15,17)(H,18,19)(H4,12,13,16). The molecule has 8 nitrogen and oxygen atoms in total. The number of nitrogens with one attached hydrogen (secondary N) is 1. The Kier molecular flexibility index (Phi) is 4.81. The summed E-state index contributed by atoms with van der Waals surface area (Å²) in [7, 11) is 0. The summed E-state index contributed by atoms with van der Waals surface area (Å²) in [6, 6.07) is -0.390. The first-order valence-corrected chi connectivity index (χ1v) is 5.42. The molecule has 0 spiro atoms. The van der Waals surface area contributed by atoms with Gasteiger partial charge in [-0.2, -0.15) is 5.10 Å². The third-order valence-electron chi connectivity index (χ3n) is 2.30. The molecule has 102 valence electrons. The molecule has 8 heteroatoms. The molecule has 0 saturated heterocycles. The second-order valence-electron chi connectivity index (χ2n) is 3.88. The molecular formula is C11H15N5O3. The molecule has 2 unspecified atom stereocenters. The number of carboxylic acid groups (broad SMARTS) is 1. The van der Waals surface area contributed by atoms with Gasteiger partial charge in [0.05, 0.1) is 11.6 Å². The molecule has 0 saturated carbocycles. The Morgan fingerprint density at radius 1 is 1.47 bits per heavy atom. The molecule has 6 N–H and O–H groups in total. The molecule has 0 aliphatic heterocycles. The largest absolute Gasteiger partial charge is 0.478 e. The van der Waals surface area contributed by atoms with Gasteiger partial charge in [0.1, 0.15) is 0 Å². The first-order valence-electron chi connectivity index (χ1n) is 5.42. The Bertz CT molecular complexity index is 489. The van der Waals surface area contributed by atoms with E-state index in [0.717, 1.165) is 0 Å². The molecule has 1 amide bonds. The fourth-order valence-corrected chi connectivity index (χ4v) is 1.54. The second kappa shape index (κ2) is 6.34. The van der Waals surface area contributed by atoms with Gasteiger partial charge in [-0.15, -0.1) is 5.10 Å². The summed E-state index contributed by atoms with van der Waals surface area (Å²) in [5.41, 5.74) is 10.4. The lowest BCUT2D eigenvalue weighted by Crippen LogP contribution is -2.39. The number of carbonyl (C=O) groups is 2. The highest BCUT2D eigenvalue weighted by Crippen LogP contribution is 2.16. The average molecular weight is 265 g/mol. The van der Waals surface area contributed by atoms with Crippen molar-refractivity contribution >= 4 is 24.1 Å². The number of nitrogens with zero attached hydrogens (tertiary/aromatic N) is 2. The topological polar surface area (TPSA) is 143 Å². The van der Waals surface area contributed by atoms with Gasteiger partial charge in [-0.1, -0.05) is 12.2 Å². The van der Waals surface area contributed by atoms with Crippen LogP contribution in [0.25, 0.3) is 0 Å². The van der Waals surface area contributed by atoms with Crippen molar-refractivity contribution < 1.29 is 14.7 Å². The van der Waals surface area contributed by atoms with Crippen molar-refractivity contribution in [2.75, 3.05) is 0 Å². The highest BCUT2D eigenvalue weighted by molar-refractivity contribution is 5.91. The zero-order chi connectivity index (χ0) is 14.4. The van der Waals surface area contributed by atoms with Crippen LogP contribution in [0.1, 0.15) is 6.92 Å². The number of carboxylic acids is 1. The van der Waals surface area contributed by atoms with Gasteiger partial charge in [-0.3, -0.25) is 4.79 Å². The smallest absolute Gasteiger partial charge is 0.335 e. The van der Waals surface area contributed by atoms with E-state index < -0.39 is 17.9 Å². The van der Waals surface area contributed by atoms with Gasteiger partial charge in [0, 0.05) is 19.1 Å². The number of hydrogen-bond donors (Lipinski definition) is 4. The Morgan fingerprint density at radius 3 is 2.68 bits per heavy atom. The number of amides is 1. The van der Waals surface area contributed by atoms with Crippen LogP contribution in [0.3, 0.4) is 0 Å². The van der Waals surface area contributed by atoms with Gasteiger partial charge in [0.25, 0.3) is 0 Å². The van der Waals surface area contributed by atoms with Crippen LogP contribution in [0.4, 0.5) is 0 Å². The predicted octanol–water partition coefficient (Wildman–Crippen LogP) is -1.05. The SMILES string of the molecule is CC(=O)NC1C=CC(C(=O)O)=CC1C=NN=C(N)N. The molecule has 1 aliphatic carbocycles. The molecule has 0 aromatic heterocycles. The molecule has 0 bridgehead atoms. The Hall–Kier alpha value is -2.64. The molecule has 19 heavy (non-hydrogen) atoms. The maximum absolute atomic E-state index is 11.1. The van der Waals surface area contributed by atoms with Crippen molar-refractivity contribution in [1.29, 1.82) is 0 Å². The van der Waals surface area contributed by atoms with E-state index >= 15 is 0 Å². The van der Waals surface area contributed by atoms with Crippen LogP contribution in [0.15, 0.2) is 34.0 Å². The first kappa shape index (κ1) is 14.4. The molecular weight excluding hydrogens is 250 g/mol. The lowest BCUT2D eigenvalue weighted by atomic mass is 9.92. The van der Waals surface area contributed by atoms with Crippen LogP contribution in [0.5, 0.6) is 0 Å². The summed E-state index contributed by atoms with van der Waals surface area (Å²) in [5.74, 6) is -1.94. The van der Waals surface area contributed by atoms with E-state index in [1.165, 1.54) is 25.3 Å². The fourth-order valence-electron chi connectivity index (χ4n) is 1.54. The van der Waals surface area contributed by atoms with Crippen molar-refractivity contribution in [2.24, 2.45) is 27.6 Å². The van der Waals surface area contributed by atoms with Crippen LogP contribution in [0.2, 0.25) is 0 Å². The molecule has 0 radical (unpaired) electrons. The van der Waals surface area contributed by atoms with Crippen molar-refractivity contribution in [2.45, 2.75) is 13.0 Å². The Morgan fingerprint density at radius 2 is 2.16 bits per heavy atom. The zero-order valence-corrected chi connectivity index (χ0v) is 10.3. The summed E-state index contributed by atoms with van der Waals surface area (Å²) in [6.45, 7) is 1.37. The second-order valence-corrected chi connectivity index (χ2v) is 3.88. The van der Waals surface area contributed by atoms with E-state index in [1.54, 1.807) is 6.08 Å². The van der Waals surface area contributed by atoms with Crippen molar-refractivity contribution in [1.82, 2.24) is 5.32 Å². The number of guanidine groups is 1. The zero-order valence-electron chi connectivity index (χ0n) is 10.3. The lowest BCUT2D eigenvalue weighted by molar-refractivity contribution is -0.132. The molecule has 0 aromatic carbocycles. The van der Waals surface area contributed by atoms with Gasteiger partial charge in [0.15, 0.2) is 0 Å². The maximum atomic E-state index is 11.1. The number of nitrogens with two attached hydrogens (primary N) is 2. The number of hydrogen-bond acceptors (Lipinski definition) is 4. The number of aliphatic carboxylic acids is 1. The van der Waals surface area contributed by atoms with Crippen molar-refractivity contribution in [3.05, 3.63) is 23.8 Å². The first-order chi connectivity index (χ1) is 8.90. The normalized spacial score (nSPS) is 21.8. The third-order valence-corrected chi connectivity index (χ3v) is 2.30. The quantitative estimate of drug-likeness (QED) is 0.291. The van der Waals surface area contributed by atoms with Gasteiger partial charge in [-0.05, 0) is 6.08 Å². The summed E-state index contributed by atoms with van der Waals surface area (Å²) >= 11 is 0. The van der Waals surface area contributed by atoms with E-state index in [2.05, 4.69) is 15.5 Å². The summed E-state index contributed by atoms with van der Waals surface area (Å²) in [6.07, 6.45) is 5.84. The molecule has 2 atom stereocenters. The van der Waals surface area contributed by atoms with Gasteiger partial charge in [-0.25, -0.2) is 4.79 Å². The number of rotatable bonds is 4. The van der Waals surface area contributed by atoms with Gasteiger partial charge in [0.2, 0.25) is 11.9 Å². The maximum Gasteiger partial charge on any atom is 0.335 e. The van der Waals surface area contributed by atoms with Gasteiger partial charge >= 0.3 is 5.97 Å². The average Bonchev–Trinajstić information content (AvgIpc) is 2.29. The number of carbonyl (C=O) groups excluding carboxylic acids is 1. The van der Waals surface area contributed by atoms with E-state index in [0.29, 0.717) is 0 Å². The highest BCUT2D eigenvalue weighted by Gasteiger charge is 2.22. The minimum atomic E-state index is -1.06. The monoisotopic (exact) mass is 265 g/mol. The Balaban J connectivity index is 2.92. The lowest BCUT2D eigenvalue weighted by Gasteiger charge is -2.22. The van der Waals surface area contributed by atoms with Gasteiger partial charge < -0.3 is 21.9 Å². The molecule has 0 fully saturated rings. The minimum Gasteiger partial charge on any atom is -0.478 e. The van der Waals surface area contributed by atoms with Crippen LogP contribution in [-0.2, 0) is 9.59 Å². The predicted molar refractivity (Wildman–Crippen MR) is 70.3 cm³/mol. The van der Waals surface area contributed by atoms with Crippen LogP contribution >= 0.6 is 0 Å². The molecule has 0 aromatic rings. The summed E-state index contributed by atoms with van der Waals surface area (Å²) in [5, 5.41) is 18.6. The van der Waals surface area contributed by atoms with E-state index in [1.807, 2.05) is 0 Å². The molecule has 1 aliphatic rings. The van der Waals surface area contributed by atoms with Crippen LogP contribution in [-0.4, -0.2) is 35.2 Å². The van der Waals surface area contributed by atoms with Crippen LogP contribution < -0.4 is 16.8 Å². The van der Waals surface area contributed by atoms with Crippen LogP contribution in [0, 0.1) is 5.92 Å². The van der Waals surface area contributed by atoms with E-state index in [4.69, 9.17) is 16.6 Å². The highest BCUT2D eigenvalue weighted by atomic mass is 16.4. The third kappa shape index (κ3) is 4.62. The Labute approximate surface area is 109 Å². The summed E-state index contributed by atoms with van der Waals surface area (Å²) in [4.78, 5) is 22.0. The molecule has 0 heterocycles. The molecule has 1 rings (SSSR count). The minimum absolute atomic E-state index is 0.114. The van der Waals surface area contributed by atoms with Crippen molar-refractivity contribution in [3.63, 3.8) is 0 Å². The van der Waals surface area contributed by atoms with E-state index in [-0.39, 0.29) is 17.4 Å².